The fourth-order valence-electron chi connectivity index (χ4n) is 2.66. The minimum absolute atomic E-state index is 0.0166. The molecule has 0 bridgehead atoms. The molecule has 3 rings (SSSR count). The molecule has 0 spiro atoms. The molecule has 0 atom stereocenters. The van der Waals surface area contributed by atoms with Crippen LogP contribution < -0.4 is 10.9 Å². The number of nitrogens with one attached hydrogen (secondary N) is 1. The summed E-state index contributed by atoms with van der Waals surface area (Å²) in [6, 6.07) is 9.70. The van der Waals surface area contributed by atoms with E-state index in [1.54, 1.807) is 18.3 Å². The lowest BCUT2D eigenvalue weighted by Gasteiger charge is -2.05. The molecule has 0 aliphatic carbocycles. The Labute approximate surface area is 137 Å². The fourth-order valence-corrected chi connectivity index (χ4v) is 3.67. The van der Waals surface area contributed by atoms with Gasteiger partial charge in [0.25, 0.3) is 0 Å². The second kappa shape index (κ2) is 6.04. The number of rotatable bonds is 3. The largest absolute Gasteiger partial charge is 0.361 e. The molecule has 5 nitrogen and oxygen atoms in total. The molecule has 1 aromatic carbocycles. The van der Waals surface area contributed by atoms with E-state index in [9.17, 15) is 9.59 Å². The Bertz CT molecular complexity index is 884. The molecule has 0 aliphatic rings. The molecule has 2 aromatic heterocycles. The van der Waals surface area contributed by atoms with Crippen molar-refractivity contribution in [3.8, 4) is 0 Å². The Kier molecular flexibility index (Phi) is 4.09. The molecular weight excluding hydrogens is 312 g/mol. The van der Waals surface area contributed by atoms with Gasteiger partial charge < -0.3 is 9.84 Å². The molecule has 2 heterocycles. The van der Waals surface area contributed by atoms with Crippen molar-refractivity contribution in [1.82, 2.24) is 10.1 Å². The Hall–Kier alpha value is -2.34. The summed E-state index contributed by atoms with van der Waals surface area (Å²) >= 11 is 1.64. The first-order valence-corrected chi connectivity index (χ1v) is 8.27. The number of aromatic nitrogens is 1. The van der Waals surface area contributed by atoms with Gasteiger partial charge in [-0.3, -0.25) is 0 Å². The molecule has 0 aliphatic heterocycles. The average molecular weight is 330 g/mol. The fraction of sp³-hybridized carbons (Fsp3) is 0.294. The minimum Gasteiger partial charge on any atom is -0.330 e. The van der Waals surface area contributed by atoms with Crippen LogP contribution in [0.2, 0.25) is 0 Å². The Balaban J connectivity index is 1.77. The second-order valence-corrected chi connectivity index (χ2v) is 6.90. The summed E-state index contributed by atoms with van der Waals surface area (Å²) in [6.07, 6.45) is 0. The number of hydrogen-bond donors (Lipinski definition) is 1. The third-order valence-electron chi connectivity index (χ3n) is 3.74. The van der Waals surface area contributed by atoms with Gasteiger partial charge in [0.15, 0.2) is 0 Å². The van der Waals surface area contributed by atoms with Crippen LogP contribution in [0.3, 0.4) is 0 Å². The smallest absolute Gasteiger partial charge is 0.330 e. The standard InChI is InChI=1S/C17H18N2O3S/c1-10(2)15-11(3)19(22-16(15)20)17(21)18-9-13-8-12-6-4-5-7-14(12)23-13/h4-8,10H,9H2,1-3H3,(H,18,21). The maximum atomic E-state index is 12.3. The lowest BCUT2D eigenvalue weighted by atomic mass is 10.1. The van der Waals surface area contributed by atoms with Gasteiger partial charge in [-0.05, 0) is 30.4 Å². The van der Waals surface area contributed by atoms with Crippen molar-refractivity contribution in [3.63, 3.8) is 0 Å². The number of benzene rings is 1. The average Bonchev–Trinajstić information content (AvgIpc) is 3.05. The Morgan fingerprint density at radius 2 is 2.09 bits per heavy atom. The molecule has 0 saturated heterocycles. The van der Waals surface area contributed by atoms with Crippen molar-refractivity contribution in [2.75, 3.05) is 0 Å². The second-order valence-electron chi connectivity index (χ2n) is 5.74. The van der Waals surface area contributed by atoms with Crippen LogP contribution in [0.4, 0.5) is 4.79 Å². The monoisotopic (exact) mass is 330 g/mol. The summed E-state index contributed by atoms with van der Waals surface area (Å²) in [5, 5.41) is 3.96. The number of carbonyl (C=O) groups is 1. The van der Waals surface area contributed by atoms with E-state index in [0.29, 0.717) is 17.8 Å². The van der Waals surface area contributed by atoms with E-state index >= 15 is 0 Å². The van der Waals surface area contributed by atoms with Gasteiger partial charge >= 0.3 is 11.7 Å². The highest BCUT2D eigenvalue weighted by Gasteiger charge is 2.20. The number of carbonyl (C=O) groups excluding carboxylic acids is 1. The van der Waals surface area contributed by atoms with Gasteiger partial charge in [-0.2, -0.15) is 0 Å². The first-order valence-electron chi connectivity index (χ1n) is 7.46. The van der Waals surface area contributed by atoms with Gasteiger partial charge in [-0.25, -0.2) is 9.59 Å². The van der Waals surface area contributed by atoms with Gasteiger partial charge in [0.05, 0.1) is 17.8 Å². The maximum absolute atomic E-state index is 12.3. The van der Waals surface area contributed by atoms with E-state index in [-0.39, 0.29) is 5.92 Å². The van der Waals surface area contributed by atoms with Crippen molar-refractivity contribution in [2.45, 2.75) is 33.2 Å². The highest BCUT2D eigenvalue weighted by Crippen LogP contribution is 2.25. The third kappa shape index (κ3) is 2.94. The molecule has 3 aromatic rings. The van der Waals surface area contributed by atoms with Crippen molar-refractivity contribution < 1.29 is 9.32 Å². The number of amides is 1. The molecule has 120 valence electrons. The van der Waals surface area contributed by atoms with Crippen molar-refractivity contribution in [3.05, 3.63) is 56.9 Å². The zero-order chi connectivity index (χ0) is 16.6. The molecule has 23 heavy (non-hydrogen) atoms. The van der Waals surface area contributed by atoms with Crippen LogP contribution in [-0.2, 0) is 6.54 Å². The quantitative estimate of drug-likeness (QED) is 0.793. The molecular formula is C17H18N2O3S. The van der Waals surface area contributed by atoms with Gasteiger partial charge in [0, 0.05) is 9.58 Å². The van der Waals surface area contributed by atoms with Gasteiger partial charge in [0.2, 0.25) is 0 Å². The van der Waals surface area contributed by atoms with E-state index in [1.807, 2.05) is 32.0 Å². The molecule has 0 unspecified atom stereocenters. The minimum atomic E-state index is -0.450. The highest BCUT2D eigenvalue weighted by molar-refractivity contribution is 7.19. The molecule has 0 radical (unpaired) electrons. The first kappa shape index (κ1) is 15.6. The summed E-state index contributed by atoms with van der Waals surface area (Å²) in [4.78, 5) is 25.2. The number of fused-ring (bicyclic) bond motifs is 1. The van der Waals surface area contributed by atoms with Crippen molar-refractivity contribution >= 4 is 27.5 Å². The third-order valence-corrected chi connectivity index (χ3v) is 4.86. The predicted molar refractivity (Wildman–Crippen MR) is 91.3 cm³/mol. The summed E-state index contributed by atoms with van der Waals surface area (Å²) in [7, 11) is 0. The van der Waals surface area contributed by atoms with Crippen LogP contribution in [-0.4, -0.2) is 10.8 Å². The summed E-state index contributed by atoms with van der Waals surface area (Å²) in [6.45, 7) is 5.92. The predicted octanol–water partition coefficient (Wildman–Crippen LogP) is 3.85. The lowest BCUT2D eigenvalue weighted by Crippen LogP contribution is -2.28. The molecule has 1 N–H and O–H groups in total. The van der Waals surface area contributed by atoms with Gasteiger partial charge in [-0.1, -0.05) is 32.0 Å². The van der Waals surface area contributed by atoms with Gasteiger partial charge in [-0.15, -0.1) is 16.1 Å². The molecule has 0 saturated carbocycles. The SMILES string of the molecule is Cc1c(C(C)C)c(=O)on1C(=O)NCc1cc2ccccc2s1. The van der Waals surface area contributed by atoms with E-state index in [1.165, 1.54) is 4.70 Å². The summed E-state index contributed by atoms with van der Waals surface area (Å²) in [5.41, 5.74) is 0.648. The number of thiophene rings is 1. The van der Waals surface area contributed by atoms with E-state index in [0.717, 1.165) is 15.0 Å². The zero-order valence-electron chi connectivity index (χ0n) is 13.3. The topological polar surface area (TPSA) is 64.2 Å². The van der Waals surface area contributed by atoms with Crippen LogP contribution in [0.25, 0.3) is 10.1 Å². The number of hydrogen-bond acceptors (Lipinski definition) is 4. The Morgan fingerprint density at radius 3 is 2.74 bits per heavy atom. The van der Waals surface area contributed by atoms with Crippen LogP contribution in [0.1, 0.15) is 35.9 Å². The highest BCUT2D eigenvalue weighted by atomic mass is 32.1. The summed E-state index contributed by atoms with van der Waals surface area (Å²) in [5.74, 6) is 0.0166. The van der Waals surface area contributed by atoms with E-state index < -0.39 is 11.7 Å². The van der Waals surface area contributed by atoms with E-state index in [2.05, 4.69) is 17.4 Å². The van der Waals surface area contributed by atoms with Crippen LogP contribution >= 0.6 is 11.3 Å². The molecule has 0 fully saturated rings. The normalized spacial score (nSPS) is 11.3. The lowest BCUT2D eigenvalue weighted by molar-refractivity contribution is 0.205. The van der Waals surface area contributed by atoms with Crippen LogP contribution in [0, 0.1) is 6.92 Å². The van der Waals surface area contributed by atoms with Crippen molar-refractivity contribution in [2.24, 2.45) is 0 Å². The van der Waals surface area contributed by atoms with Crippen LogP contribution in [0.5, 0.6) is 0 Å². The molecule has 1 amide bonds. The molecule has 6 heteroatoms. The van der Waals surface area contributed by atoms with Crippen LogP contribution in [0.15, 0.2) is 39.6 Å². The Morgan fingerprint density at radius 1 is 1.35 bits per heavy atom. The van der Waals surface area contributed by atoms with Gasteiger partial charge in [0.1, 0.15) is 0 Å². The first-order chi connectivity index (χ1) is 11.0. The van der Waals surface area contributed by atoms with Crippen molar-refractivity contribution in [1.29, 1.82) is 0 Å². The number of nitrogens with zero attached hydrogens (tertiary/aromatic N) is 1. The maximum Gasteiger partial charge on any atom is 0.361 e. The van der Waals surface area contributed by atoms with E-state index in [4.69, 9.17) is 4.52 Å². The summed E-state index contributed by atoms with van der Waals surface area (Å²) < 4.78 is 7.30. The zero-order valence-corrected chi connectivity index (χ0v) is 14.1.